The number of hydrogen-bond acceptors (Lipinski definition) is 5. The van der Waals surface area contributed by atoms with Crippen molar-refractivity contribution in [2.75, 3.05) is 6.61 Å². The third-order valence-electron chi connectivity index (χ3n) is 2.58. The average molecular weight is 290 g/mol. The second-order valence-electron chi connectivity index (χ2n) is 3.97. The van der Waals surface area contributed by atoms with Crippen molar-refractivity contribution in [1.29, 1.82) is 0 Å². The summed E-state index contributed by atoms with van der Waals surface area (Å²) in [5.41, 5.74) is 0. The van der Waals surface area contributed by atoms with Crippen LogP contribution in [0.1, 0.15) is 0 Å². The maximum Gasteiger partial charge on any atom is 0.214 e. The van der Waals surface area contributed by atoms with Crippen LogP contribution in [0.25, 0.3) is 10.7 Å². The van der Waals surface area contributed by atoms with Gasteiger partial charge in [-0.3, -0.25) is 0 Å². The summed E-state index contributed by atoms with van der Waals surface area (Å²) in [6.45, 7) is 0.688. The first-order chi connectivity index (χ1) is 9.83. The summed E-state index contributed by atoms with van der Waals surface area (Å²) in [7, 11) is 0. The van der Waals surface area contributed by atoms with Crippen molar-refractivity contribution in [2.45, 2.75) is 6.54 Å². The smallest absolute Gasteiger partial charge is 0.214 e. The first kappa shape index (κ1) is 12.7. The van der Waals surface area contributed by atoms with E-state index in [1.807, 2.05) is 17.5 Å². The van der Waals surface area contributed by atoms with E-state index in [9.17, 15) is 4.39 Å². The molecule has 1 aromatic carbocycles. The normalized spacial score (nSPS) is 10.7. The van der Waals surface area contributed by atoms with Gasteiger partial charge in [-0.1, -0.05) is 18.2 Å². The number of aromatic nitrogens is 4. The Balaban J connectivity index is 1.58. The Morgan fingerprint density at radius 2 is 2.10 bits per heavy atom. The molecule has 0 fully saturated rings. The van der Waals surface area contributed by atoms with Crippen LogP contribution in [0.2, 0.25) is 0 Å². The van der Waals surface area contributed by atoms with E-state index in [2.05, 4.69) is 15.4 Å². The van der Waals surface area contributed by atoms with Crippen LogP contribution in [0, 0.1) is 5.82 Å². The molecule has 0 spiro atoms. The number of thiophene rings is 1. The molecule has 0 saturated heterocycles. The SMILES string of the molecule is Fc1ccccc1OCCn1nnc(-c2cccs2)n1. The lowest BCUT2D eigenvalue weighted by Gasteiger charge is -2.05. The topological polar surface area (TPSA) is 52.8 Å². The zero-order valence-electron chi connectivity index (χ0n) is 10.4. The van der Waals surface area contributed by atoms with E-state index in [4.69, 9.17) is 4.74 Å². The summed E-state index contributed by atoms with van der Waals surface area (Å²) in [5, 5.41) is 14.1. The van der Waals surface area contributed by atoms with Crippen LogP contribution >= 0.6 is 11.3 Å². The molecule has 0 atom stereocenters. The zero-order chi connectivity index (χ0) is 13.8. The van der Waals surface area contributed by atoms with Gasteiger partial charge in [0.25, 0.3) is 0 Å². The standard InChI is InChI=1S/C13H11FN4OS/c14-10-4-1-2-5-11(10)19-8-7-18-16-13(15-17-18)12-6-3-9-20-12/h1-6,9H,7-8H2. The molecule has 0 radical (unpaired) electrons. The molecule has 0 saturated carbocycles. The summed E-state index contributed by atoms with van der Waals surface area (Å²) in [4.78, 5) is 2.40. The summed E-state index contributed by atoms with van der Waals surface area (Å²) in [6, 6.07) is 10.2. The molecule has 5 nitrogen and oxygen atoms in total. The Labute approximate surface area is 118 Å². The minimum Gasteiger partial charge on any atom is -0.489 e. The van der Waals surface area contributed by atoms with Gasteiger partial charge < -0.3 is 4.74 Å². The van der Waals surface area contributed by atoms with Crippen molar-refractivity contribution in [3.8, 4) is 16.5 Å². The number of para-hydroxylation sites is 1. The van der Waals surface area contributed by atoms with Crippen LogP contribution in [-0.2, 0) is 6.54 Å². The van der Waals surface area contributed by atoms with Crippen LogP contribution < -0.4 is 4.74 Å². The van der Waals surface area contributed by atoms with Gasteiger partial charge in [0.15, 0.2) is 11.6 Å². The predicted octanol–water partition coefficient (Wildman–Crippen LogP) is 2.62. The molecule has 0 bridgehead atoms. The van der Waals surface area contributed by atoms with Gasteiger partial charge in [-0.05, 0) is 28.8 Å². The molecule has 3 aromatic rings. The Morgan fingerprint density at radius 1 is 1.20 bits per heavy atom. The van der Waals surface area contributed by atoms with Crippen LogP contribution in [0.15, 0.2) is 41.8 Å². The highest BCUT2D eigenvalue weighted by atomic mass is 32.1. The molecule has 102 valence electrons. The second kappa shape index (κ2) is 5.79. The molecular weight excluding hydrogens is 279 g/mol. The lowest BCUT2D eigenvalue weighted by Crippen LogP contribution is -2.11. The van der Waals surface area contributed by atoms with E-state index in [1.165, 1.54) is 10.9 Å². The van der Waals surface area contributed by atoms with Gasteiger partial charge in [-0.25, -0.2) is 4.39 Å². The van der Waals surface area contributed by atoms with Crippen molar-refractivity contribution in [3.05, 3.63) is 47.6 Å². The monoisotopic (exact) mass is 290 g/mol. The zero-order valence-corrected chi connectivity index (χ0v) is 11.3. The number of rotatable bonds is 5. The third kappa shape index (κ3) is 2.83. The fourth-order valence-corrected chi connectivity index (χ4v) is 2.29. The number of nitrogens with zero attached hydrogens (tertiary/aromatic N) is 4. The van der Waals surface area contributed by atoms with Gasteiger partial charge in [-0.2, -0.15) is 4.80 Å². The van der Waals surface area contributed by atoms with Gasteiger partial charge in [-0.15, -0.1) is 21.5 Å². The van der Waals surface area contributed by atoms with E-state index in [-0.39, 0.29) is 18.2 Å². The van der Waals surface area contributed by atoms with Crippen molar-refractivity contribution in [2.24, 2.45) is 0 Å². The Kier molecular flexibility index (Phi) is 3.69. The molecule has 2 aromatic heterocycles. The lowest BCUT2D eigenvalue weighted by atomic mass is 10.3. The molecule has 0 aliphatic carbocycles. The molecule has 7 heteroatoms. The van der Waals surface area contributed by atoms with Crippen molar-refractivity contribution in [1.82, 2.24) is 20.2 Å². The Hall–Kier alpha value is -2.28. The van der Waals surface area contributed by atoms with E-state index < -0.39 is 0 Å². The number of ether oxygens (including phenoxy) is 1. The number of tetrazole rings is 1. The van der Waals surface area contributed by atoms with Crippen LogP contribution in [0.3, 0.4) is 0 Å². The highest BCUT2D eigenvalue weighted by Gasteiger charge is 2.07. The first-order valence-electron chi connectivity index (χ1n) is 6.02. The molecule has 3 rings (SSSR count). The van der Waals surface area contributed by atoms with Gasteiger partial charge in [0.1, 0.15) is 6.61 Å². The van der Waals surface area contributed by atoms with Gasteiger partial charge in [0, 0.05) is 0 Å². The Bertz CT molecular complexity index is 683. The molecule has 0 aliphatic rings. The van der Waals surface area contributed by atoms with Crippen molar-refractivity contribution in [3.63, 3.8) is 0 Å². The van der Waals surface area contributed by atoms with E-state index in [0.29, 0.717) is 12.4 Å². The molecule has 0 N–H and O–H groups in total. The van der Waals surface area contributed by atoms with Gasteiger partial charge in [0.2, 0.25) is 5.82 Å². The average Bonchev–Trinajstić information content (AvgIpc) is 3.11. The summed E-state index contributed by atoms with van der Waals surface area (Å²) in [5.74, 6) is 0.440. The molecule has 20 heavy (non-hydrogen) atoms. The molecular formula is C13H11FN4OS. The highest BCUT2D eigenvalue weighted by molar-refractivity contribution is 7.13. The molecule has 0 unspecified atom stereocenters. The quantitative estimate of drug-likeness (QED) is 0.725. The predicted molar refractivity (Wildman–Crippen MR) is 73.0 cm³/mol. The minimum absolute atomic E-state index is 0.228. The van der Waals surface area contributed by atoms with Gasteiger partial charge in [0.05, 0.1) is 11.4 Å². The maximum atomic E-state index is 13.3. The Morgan fingerprint density at radius 3 is 2.90 bits per heavy atom. The molecule has 0 amide bonds. The fraction of sp³-hybridized carbons (Fsp3) is 0.154. The highest BCUT2D eigenvalue weighted by Crippen LogP contribution is 2.19. The number of halogens is 1. The molecule has 0 aliphatic heterocycles. The number of hydrogen-bond donors (Lipinski definition) is 0. The summed E-state index contributed by atoms with van der Waals surface area (Å²) < 4.78 is 18.7. The van der Waals surface area contributed by atoms with E-state index in [0.717, 1.165) is 4.88 Å². The minimum atomic E-state index is -0.377. The van der Waals surface area contributed by atoms with Crippen LogP contribution in [0.5, 0.6) is 5.75 Å². The maximum absolute atomic E-state index is 13.3. The lowest BCUT2D eigenvalue weighted by molar-refractivity contribution is 0.268. The summed E-state index contributed by atoms with van der Waals surface area (Å²) in [6.07, 6.45) is 0. The van der Waals surface area contributed by atoms with E-state index >= 15 is 0 Å². The van der Waals surface area contributed by atoms with Crippen molar-refractivity contribution >= 4 is 11.3 Å². The van der Waals surface area contributed by atoms with Crippen LogP contribution in [-0.4, -0.2) is 26.8 Å². The fourth-order valence-electron chi connectivity index (χ4n) is 1.64. The largest absolute Gasteiger partial charge is 0.489 e. The second-order valence-corrected chi connectivity index (χ2v) is 4.91. The third-order valence-corrected chi connectivity index (χ3v) is 3.45. The van der Waals surface area contributed by atoms with Gasteiger partial charge >= 0.3 is 0 Å². The van der Waals surface area contributed by atoms with Crippen LogP contribution in [0.4, 0.5) is 4.39 Å². The van der Waals surface area contributed by atoms with Crippen molar-refractivity contribution < 1.29 is 9.13 Å². The molecule has 2 heterocycles. The first-order valence-corrected chi connectivity index (χ1v) is 6.90. The summed E-state index contributed by atoms with van der Waals surface area (Å²) >= 11 is 1.55. The van der Waals surface area contributed by atoms with E-state index in [1.54, 1.807) is 29.5 Å². The number of benzene rings is 1.